The number of amides is 2. The number of benzene rings is 1. The maximum atomic E-state index is 12.7. The van der Waals surface area contributed by atoms with E-state index in [0.717, 1.165) is 0 Å². The fourth-order valence-electron chi connectivity index (χ4n) is 3.35. The van der Waals surface area contributed by atoms with Crippen molar-refractivity contribution in [3.63, 3.8) is 0 Å². The lowest BCUT2D eigenvalue weighted by atomic mass is 9.88. The van der Waals surface area contributed by atoms with Gasteiger partial charge in [0.15, 0.2) is 0 Å². The van der Waals surface area contributed by atoms with Crippen LogP contribution in [0.4, 0.5) is 18.0 Å². The number of alkyl carbamates (subject to hydrolysis) is 1. The summed E-state index contributed by atoms with van der Waals surface area (Å²) in [5, 5.41) is 2.43. The minimum Gasteiger partial charge on any atom is -0.453 e. The van der Waals surface area contributed by atoms with E-state index in [-0.39, 0.29) is 29.3 Å². The van der Waals surface area contributed by atoms with Gasteiger partial charge in [-0.3, -0.25) is 4.79 Å². The van der Waals surface area contributed by atoms with Crippen LogP contribution in [0.5, 0.6) is 5.75 Å². The number of likely N-dealkylation sites (tertiary alicyclic amines) is 1. The number of nitrogens with zero attached hydrogens (tertiary/aromatic N) is 1. The van der Waals surface area contributed by atoms with Crippen molar-refractivity contribution in [3.05, 3.63) is 28.8 Å². The molecule has 1 aliphatic rings. The van der Waals surface area contributed by atoms with Crippen LogP contribution in [0.25, 0.3) is 0 Å². The van der Waals surface area contributed by atoms with Crippen LogP contribution in [0, 0.1) is 5.92 Å². The van der Waals surface area contributed by atoms with Crippen molar-refractivity contribution in [2.75, 3.05) is 26.7 Å². The predicted molar refractivity (Wildman–Crippen MR) is 101 cm³/mol. The van der Waals surface area contributed by atoms with Crippen LogP contribution in [0.1, 0.15) is 37.7 Å². The third-order valence-electron chi connectivity index (χ3n) is 4.98. The van der Waals surface area contributed by atoms with Crippen molar-refractivity contribution in [3.8, 4) is 5.75 Å². The Morgan fingerprint density at radius 3 is 2.52 bits per heavy atom. The molecule has 1 aromatic rings. The highest BCUT2D eigenvalue weighted by Gasteiger charge is 2.33. The first-order valence-corrected chi connectivity index (χ1v) is 9.68. The quantitative estimate of drug-likeness (QED) is 0.720. The van der Waals surface area contributed by atoms with Crippen LogP contribution in [0.2, 0.25) is 5.02 Å². The van der Waals surface area contributed by atoms with Gasteiger partial charge in [-0.1, -0.05) is 24.6 Å². The maximum absolute atomic E-state index is 12.7. The van der Waals surface area contributed by atoms with E-state index in [1.807, 2.05) is 6.92 Å². The van der Waals surface area contributed by atoms with E-state index in [4.69, 9.17) is 11.6 Å². The standard InChI is InChI=1S/C19H24ClF3N2O4/c1-3-12(11-24-18(27)28-2)17(26)25-8-6-13(7-9-25)14-4-5-15(20)16(10-14)29-19(21,22)23/h4-5,10,12-13H,3,6-9,11H2,1-2H3,(H,24,27). The van der Waals surface area contributed by atoms with Gasteiger partial charge in [0.05, 0.1) is 18.1 Å². The average Bonchev–Trinajstić information content (AvgIpc) is 2.68. The van der Waals surface area contributed by atoms with Crippen molar-refractivity contribution < 1.29 is 32.2 Å². The molecule has 6 nitrogen and oxygen atoms in total. The number of ether oxygens (including phenoxy) is 2. The zero-order valence-electron chi connectivity index (χ0n) is 16.2. The molecule has 1 saturated heterocycles. The van der Waals surface area contributed by atoms with Crippen molar-refractivity contribution >= 4 is 23.6 Å². The third kappa shape index (κ3) is 6.69. The van der Waals surface area contributed by atoms with E-state index in [1.165, 1.54) is 19.2 Å². The number of carbonyl (C=O) groups excluding carboxylic acids is 2. The van der Waals surface area contributed by atoms with Crippen LogP contribution < -0.4 is 10.1 Å². The number of methoxy groups -OCH3 is 1. The largest absolute Gasteiger partial charge is 0.573 e. The molecule has 1 heterocycles. The molecule has 1 aliphatic heterocycles. The van der Waals surface area contributed by atoms with Gasteiger partial charge < -0.3 is 19.7 Å². The minimum absolute atomic E-state index is 0.000158. The molecule has 1 unspecified atom stereocenters. The molecule has 162 valence electrons. The smallest absolute Gasteiger partial charge is 0.453 e. The number of halogens is 4. The first kappa shape index (κ1) is 23.1. The lowest BCUT2D eigenvalue weighted by Crippen LogP contribution is -2.44. The molecule has 1 aromatic carbocycles. The van der Waals surface area contributed by atoms with Crippen LogP contribution >= 0.6 is 11.6 Å². The van der Waals surface area contributed by atoms with Gasteiger partial charge in [-0.15, -0.1) is 13.2 Å². The van der Waals surface area contributed by atoms with Gasteiger partial charge in [0, 0.05) is 19.6 Å². The number of rotatable bonds is 6. The highest BCUT2D eigenvalue weighted by Crippen LogP contribution is 2.36. The molecule has 10 heteroatoms. The van der Waals surface area contributed by atoms with E-state index in [2.05, 4.69) is 14.8 Å². The van der Waals surface area contributed by atoms with E-state index < -0.39 is 18.2 Å². The van der Waals surface area contributed by atoms with Gasteiger partial charge >= 0.3 is 12.5 Å². The third-order valence-corrected chi connectivity index (χ3v) is 5.29. The topological polar surface area (TPSA) is 67.9 Å². The molecule has 2 amide bonds. The van der Waals surface area contributed by atoms with Crippen molar-refractivity contribution in [1.82, 2.24) is 10.2 Å². The molecule has 1 atom stereocenters. The van der Waals surface area contributed by atoms with Crippen LogP contribution in [-0.4, -0.2) is 50.0 Å². The molecular formula is C19H24ClF3N2O4. The second-order valence-electron chi connectivity index (χ2n) is 6.81. The first-order valence-electron chi connectivity index (χ1n) is 9.30. The van der Waals surface area contributed by atoms with Gasteiger partial charge in [-0.25, -0.2) is 4.79 Å². The van der Waals surface area contributed by atoms with E-state index >= 15 is 0 Å². The molecule has 0 radical (unpaired) electrons. The Morgan fingerprint density at radius 2 is 1.97 bits per heavy atom. The van der Waals surface area contributed by atoms with Gasteiger partial charge in [-0.05, 0) is 42.9 Å². The summed E-state index contributed by atoms with van der Waals surface area (Å²) >= 11 is 5.80. The van der Waals surface area contributed by atoms with Crippen LogP contribution in [0.3, 0.4) is 0 Å². The Labute approximate surface area is 172 Å². The van der Waals surface area contributed by atoms with E-state index in [9.17, 15) is 22.8 Å². The molecule has 1 fully saturated rings. The van der Waals surface area contributed by atoms with Gasteiger partial charge in [0.2, 0.25) is 5.91 Å². The van der Waals surface area contributed by atoms with Crippen molar-refractivity contribution in [2.45, 2.75) is 38.5 Å². The summed E-state index contributed by atoms with van der Waals surface area (Å²) in [7, 11) is 1.25. The molecule has 0 bridgehead atoms. The molecule has 0 spiro atoms. The molecule has 29 heavy (non-hydrogen) atoms. The van der Waals surface area contributed by atoms with E-state index in [1.54, 1.807) is 11.0 Å². The molecular weight excluding hydrogens is 413 g/mol. The minimum atomic E-state index is -4.81. The highest BCUT2D eigenvalue weighted by molar-refractivity contribution is 6.32. The summed E-state index contributed by atoms with van der Waals surface area (Å²) in [5.41, 5.74) is 0.695. The SMILES string of the molecule is CCC(CNC(=O)OC)C(=O)N1CCC(c2ccc(Cl)c(OC(F)(F)F)c2)CC1. The van der Waals surface area contributed by atoms with Crippen LogP contribution in [-0.2, 0) is 9.53 Å². The van der Waals surface area contributed by atoms with Crippen LogP contribution in [0.15, 0.2) is 18.2 Å². The molecule has 0 aromatic heterocycles. The normalized spacial score (nSPS) is 16.3. The summed E-state index contributed by atoms with van der Waals surface area (Å²) in [6, 6.07) is 4.39. The Balaban J connectivity index is 1.97. The summed E-state index contributed by atoms with van der Waals surface area (Å²) in [6.07, 6.45) is -3.61. The van der Waals surface area contributed by atoms with Crippen molar-refractivity contribution in [2.24, 2.45) is 5.92 Å². The Morgan fingerprint density at radius 1 is 1.31 bits per heavy atom. The fraction of sp³-hybridized carbons (Fsp3) is 0.579. The molecule has 0 aliphatic carbocycles. The second-order valence-corrected chi connectivity index (χ2v) is 7.22. The summed E-state index contributed by atoms with van der Waals surface area (Å²) in [6.45, 7) is 3.02. The Bertz CT molecular complexity index is 722. The Hall–Kier alpha value is -2.16. The maximum Gasteiger partial charge on any atom is 0.573 e. The fourth-order valence-corrected chi connectivity index (χ4v) is 3.51. The number of nitrogens with one attached hydrogen (secondary N) is 1. The number of alkyl halides is 3. The zero-order valence-corrected chi connectivity index (χ0v) is 17.0. The van der Waals surface area contributed by atoms with Gasteiger partial charge in [-0.2, -0.15) is 0 Å². The van der Waals surface area contributed by atoms with Gasteiger partial charge in [0.25, 0.3) is 0 Å². The molecule has 2 rings (SSSR count). The first-order chi connectivity index (χ1) is 13.6. The van der Waals surface area contributed by atoms with Gasteiger partial charge in [0.1, 0.15) is 5.75 Å². The molecule has 0 saturated carbocycles. The molecule has 1 N–H and O–H groups in total. The predicted octanol–water partition coefficient (Wildman–Crippen LogP) is 4.33. The zero-order chi connectivity index (χ0) is 21.6. The number of hydrogen-bond donors (Lipinski definition) is 1. The highest BCUT2D eigenvalue weighted by atomic mass is 35.5. The lowest BCUT2D eigenvalue weighted by molar-refractivity contribution is -0.274. The summed E-state index contributed by atoms with van der Waals surface area (Å²) < 4.78 is 46.1. The second kappa shape index (κ2) is 10.0. The van der Waals surface area contributed by atoms with Crippen molar-refractivity contribution in [1.29, 1.82) is 0 Å². The Kier molecular flexibility index (Phi) is 8.01. The lowest BCUT2D eigenvalue weighted by Gasteiger charge is -2.34. The number of piperidine rings is 1. The average molecular weight is 437 g/mol. The number of hydrogen-bond acceptors (Lipinski definition) is 4. The van der Waals surface area contributed by atoms with E-state index in [0.29, 0.717) is 37.9 Å². The summed E-state index contributed by atoms with van der Waals surface area (Å²) in [5.74, 6) is -0.831. The monoisotopic (exact) mass is 436 g/mol. The number of carbonyl (C=O) groups is 2. The summed E-state index contributed by atoms with van der Waals surface area (Å²) in [4.78, 5) is 25.6.